The van der Waals surface area contributed by atoms with Crippen LogP contribution in [0.4, 0.5) is 5.69 Å². The van der Waals surface area contributed by atoms with Crippen molar-refractivity contribution in [2.24, 2.45) is 0 Å². The third-order valence-corrected chi connectivity index (χ3v) is 4.61. The number of anilines is 1. The fraction of sp³-hybridized carbons (Fsp3) is 0.100. The maximum atomic E-state index is 12.2. The molecule has 7 nitrogen and oxygen atoms in total. The van der Waals surface area contributed by atoms with Crippen molar-refractivity contribution in [3.05, 3.63) is 82.3 Å². The topological polar surface area (TPSA) is 100 Å². The highest BCUT2D eigenvalue weighted by Gasteiger charge is 2.09. The van der Waals surface area contributed by atoms with Crippen LogP contribution in [0.25, 0.3) is 0 Å². The third-order valence-electron chi connectivity index (χ3n) is 3.74. The summed E-state index contributed by atoms with van der Waals surface area (Å²) in [5.41, 5.74) is 1.34. The predicted octanol–water partition coefficient (Wildman–Crippen LogP) is 2.56. The molecule has 1 aromatic carbocycles. The number of amides is 3. The second-order valence-electron chi connectivity index (χ2n) is 5.74. The van der Waals surface area contributed by atoms with Crippen LogP contribution in [-0.4, -0.2) is 35.8 Å². The molecule has 0 fully saturated rings. The van der Waals surface area contributed by atoms with E-state index in [2.05, 4.69) is 20.9 Å². The number of rotatable bonds is 7. The first-order valence-electron chi connectivity index (χ1n) is 8.56. The van der Waals surface area contributed by atoms with Gasteiger partial charge in [-0.05, 0) is 47.8 Å². The van der Waals surface area contributed by atoms with Crippen LogP contribution < -0.4 is 16.0 Å². The van der Waals surface area contributed by atoms with Gasteiger partial charge in [0.1, 0.15) is 5.69 Å². The Morgan fingerprint density at radius 2 is 1.57 bits per heavy atom. The molecule has 142 valence electrons. The van der Waals surface area contributed by atoms with Gasteiger partial charge in [0.05, 0.1) is 4.88 Å². The number of carbonyl (C=O) groups excluding carboxylic acids is 3. The van der Waals surface area contributed by atoms with Gasteiger partial charge in [0.25, 0.3) is 17.7 Å². The highest BCUT2D eigenvalue weighted by atomic mass is 32.1. The van der Waals surface area contributed by atoms with Crippen molar-refractivity contribution in [3.63, 3.8) is 0 Å². The molecule has 0 saturated carbocycles. The smallest absolute Gasteiger partial charge is 0.274 e. The molecule has 0 saturated heterocycles. The van der Waals surface area contributed by atoms with Crippen LogP contribution in [0.1, 0.15) is 30.5 Å². The van der Waals surface area contributed by atoms with Gasteiger partial charge in [-0.2, -0.15) is 0 Å². The van der Waals surface area contributed by atoms with Gasteiger partial charge in [-0.3, -0.25) is 19.4 Å². The fourth-order valence-electron chi connectivity index (χ4n) is 2.35. The van der Waals surface area contributed by atoms with E-state index in [1.54, 1.807) is 54.7 Å². The first kappa shape index (κ1) is 19.2. The molecule has 28 heavy (non-hydrogen) atoms. The lowest BCUT2D eigenvalue weighted by Crippen LogP contribution is -2.34. The van der Waals surface area contributed by atoms with Crippen LogP contribution >= 0.6 is 11.3 Å². The molecule has 0 aliphatic heterocycles. The van der Waals surface area contributed by atoms with E-state index in [1.807, 2.05) is 11.4 Å². The van der Waals surface area contributed by atoms with Crippen LogP contribution in [0.3, 0.4) is 0 Å². The van der Waals surface area contributed by atoms with Crippen LogP contribution in [0.5, 0.6) is 0 Å². The number of nitrogens with zero attached hydrogens (tertiary/aromatic N) is 1. The van der Waals surface area contributed by atoms with Gasteiger partial charge in [-0.25, -0.2) is 0 Å². The molecule has 0 bridgehead atoms. The van der Waals surface area contributed by atoms with Gasteiger partial charge >= 0.3 is 0 Å². The third kappa shape index (κ3) is 5.24. The molecule has 2 aromatic heterocycles. The first-order valence-corrected chi connectivity index (χ1v) is 9.44. The van der Waals surface area contributed by atoms with Crippen molar-refractivity contribution in [2.75, 3.05) is 18.4 Å². The minimum absolute atomic E-state index is 0.155. The number of hydrogen-bond donors (Lipinski definition) is 3. The molecule has 8 heteroatoms. The standard InChI is InChI=1S/C20H18N4O3S/c25-18(22-11-12-23-20(27)17-5-3-13-28-17)14-6-8-15(9-7-14)24-19(26)16-4-1-2-10-21-16/h1-10,13H,11-12H2,(H,22,25)(H,23,27)(H,24,26). The van der Waals surface area contributed by atoms with Gasteiger partial charge < -0.3 is 16.0 Å². The summed E-state index contributed by atoms with van der Waals surface area (Å²) in [7, 11) is 0. The Labute approximate surface area is 165 Å². The molecular weight excluding hydrogens is 376 g/mol. The summed E-state index contributed by atoms with van der Waals surface area (Å²) in [6, 6.07) is 15.2. The van der Waals surface area contributed by atoms with E-state index in [4.69, 9.17) is 0 Å². The summed E-state index contributed by atoms with van der Waals surface area (Å²) < 4.78 is 0. The first-order chi connectivity index (χ1) is 13.6. The van der Waals surface area contributed by atoms with E-state index in [9.17, 15) is 14.4 Å². The number of benzene rings is 1. The SMILES string of the molecule is O=C(NCCNC(=O)c1cccs1)c1ccc(NC(=O)c2ccccn2)cc1. The molecule has 0 radical (unpaired) electrons. The van der Waals surface area contributed by atoms with Crippen LogP contribution in [0.2, 0.25) is 0 Å². The predicted molar refractivity (Wildman–Crippen MR) is 108 cm³/mol. The summed E-state index contributed by atoms with van der Waals surface area (Å²) in [6.45, 7) is 0.648. The molecule has 0 aliphatic carbocycles. The second-order valence-corrected chi connectivity index (χ2v) is 6.68. The Kier molecular flexibility index (Phi) is 6.48. The lowest BCUT2D eigenvalue weighted by molar-refractivity contribution is 0.0929. The van der Waals surface area contributed by atoms with Gasteiger partial charge in [-0.15, -0.1) is 11.3 Å². The number of hydrogen-bond acceptors (Lipinski definition) is 5. The van der Waals surface area contributed by atoms with Crippen molar-refractivity contribution in [1.82, 2.24) is 15.6 Å². The molecule has 0 unspecified atom stereocenters. The number of nitrogens with one attached hydrogen (secondary N) is 3. The molecular formula is C20H18N4O3S. The zero-order chi connectivity index (χ0) is 19.8. The van der Waals surface area contributed by atoms with E-state index in [0.717, 1.165) is 0 Å². The molecule has 3 N–H and O–H groups in total. The van der Waals surface area contributed by atoms with Gasteiger partial charge in [0, 0.05) is 30.5 Å². The largest absolute Gasteiger partial charge is 0.350 e. The molecule has 0 aliphatic rings. The van der Waals surface area contributed by atoms with E-state index >= 15 is 0 Å². The normalized spacial score (nSPS) is 10.1. The Hall–Kier alpha value is -3.52. The number of aromatic nitrogens is 1. The zero-order valence-corrected chi connectivity index (χ0v) is 15.7. The molecule has 3 rings (SSSR count). The monoisotopic (exact) mass is 394 g/mol. The summed E-state index contributed by atoms with van der Waals surface area (Å²) in [4.78, 5) is 40.6. The lowest BCUT2D eigenvalue weighted by Gasteiger charge is -2.08. The maximum absolute atomic E-state index is 12.2. The van der Waals surface area contributed by atoms with Crippen molar-refractivity contribution in [1.29, 1.82) is 0 Å². The molecule has 0 spiro atoms. The van der Waals surface area contributed by atoms with Gasteiger partial charge in [0.15, 0.2) is 0 Å². The number of thiophene rings is 1. The lowest BCUT2D eigenvalue weighted by atomic mass is 10.2. The summed E-state index contributed by atoms with van der Waals surface area (Å²) >= 11 is 1.36. The van der Waals surface area contributed by atoms with Crippen molar-refractivity contribution in [3.8, 4) is 0 Å². The van der Waals surface area contributed by atoms with E-state index < -0.39 is 0 Å². The van der Waals surface area contributed by atoms with Crippen LogP contribution in [0, 0.1) is 0 Å². The summed E-state index contributed by atoms with van der Waals surface area (Å²) in [6.07, 6.45) is 1.55. The van der Waals surface area contributed by atoms with Gasteiger partial charge in [0.2, 0.25) is 0 Å². The van der Waals surface area contributed by atoms with Gasteiger partial charge in [-0.1, -0.05) is 12.1 Å². The van der Waals surface area contributed by atoms with E-state index in [1.165, 1.54) is 11.3 Å². The molecule has 3 amide bonds. The summed E-state index contributed by atoms with van der Waals surface area (Å²) in [5, 5.41) is 10.0. The zero-order valence-electron chi connectivity index (χ0n) is 14.8. The average molecular weight is 394 g/mol. The van der Waals surface area contributed by atoms with E-state index in [0.29, 0.717) is 34.9 Å². The Morgan fingerprint density at radius 1 is 0.821 bits per heavy atom. The Morgan fingerprint density at radius 3 is 2.21 bits per heavy atom. The minimum atomic E-state index is -0.320. The average Bonchev–Trinajstić information content (AvgIpc) is 3.27. The fourth-order valence-corrected chi connectivity index (χ4v) is 2.99. The van der Waals surface area contributed by atoms with Crippen LogP contribution in [-0.2, 0) is 0 Å². The molecule has 0 atom stereocenters. The number of carbonyl (C=O) groups is 3. The summed E-state index contributed by atoms with van der Waals surface area (Å²) in [5.74, 6) is -0.732. The van der Waals surface area contributed by atoms with Crippen molar-refractivity contribution in [2.45, 2.75) is 0 Å². The Balaban J connectivity index is 1.44. The number of pyridine rings is 1. The van der Waals surface area contributed by atoms with Crippen LogP contribution in [0.15, 0.2) is 66.2 Å². The Bertz CT molecular complexity index is 941. The second kappa shape index (κ2) is 9.43. The quantitative estimate of drug-likeness (QED) is 0.536. The van der Waals surface area contributed by atoms with Crippen molar-refractivity contribution >= 4 is 34.7 Å². The van der Waals surface area contributed by atoms with E-state index in [-0.39, 0.29) is 17.7 Å². The van der Waals surface area contributed by atoms with Crippen molar-refractivity contribution < 1.29 is 14.4 Å². The maximum Gasteiger partial charge on any atom is 0.274 e. The highest BCUT2D eigenvalue weighted by Crippen LogP contribution is 2.11. The highest BCUT2D eigenvalue weighted by molar-refractivity contribution is 7.12. The molecule has 2 heterocycles. The minimum Gasteiger partial charge on any atom is -0.350 e. The molecule has 3 aromatic rings.